The summed E-state index contributed by atoms with van der Waals surface area (Å²) in [6, 6.07) is 9.39. The van der Waals surface area contributed by atoms with Gasteiger partial charge in [-0.05, 0) is 24.6 Å². The van der Waals surface area contributed by atoms with Gasteiger partial charge in [0.2, 0.25) is 0 Å². The monoisotopic (exact) mass is 258 g/mol. The molecule has 6 nitrogen and oxygen atoms in total. The van der Waals surface area contributed by atoms with Gasteiger partial charge in [-0.2, -0.15) is 0 Å². The first-order chi connectivity index (χ1) is 9.33. The Morgan fingerprint density at radius 3 is 2.95 bits per heavy atom. The summed E-state index contributed by atoms with van der Waals surface area (Å²) < 4.78 is 0. The number of carbonyl (C=O) groups is 1. The zero-order chi connectivity index (χ0) is 13.1. The Bertz CT molecular complexity index is 561. The summed E-state index contributed by atoms with van der Waals surface area (Å²) in [5, 5.41) is 10.9. The van der Waals surface area contributed by atoms with Crippen molar-refractivity contribution in [3.8, 4) is 11.3 Å². The average Bonchev–Trinajstić information content (AvgIpc) is 3.11. The first-order valence-corrected chi connectivity index (χ1v) is 6.26. The van der Waals surface area contributed by atoms with Crippen molar-refractivity contribution in [3.05, 3.63) is 36.5 Å². The molecular formula is C13H14N4O2. The molecule has 0 spiro atoms. The molecule has 1 aromatic heterocycles. The standard InChI is InChI=1S/C13H14N4O2/c18-13(11-7-4-8-14-11)19-17-9-12(15-16-17)10-5-2-1-3-6-10/h1-3,5-6,9,11,14H,4,7-8H2. The van der Waals surface area contributed by atoms with E-state index in [0.717, 1.165) is 29.8 Å². The van der Waals surface area contributed by atoms with Crippen molar-refractivity contribution < 1.29 is 9.63 Å². The van der Waals surface area contributed by atoms with Crippen molar-refractivity contribution in [2.75, 3.05) is 6.54 Å². The van der Waals surface area contributed by atoms with Gasteiger partial charge in [-0.15, -0.1) is 5.10 Å². The Kier molecular flexibility index (Phi) is 3.24. The lowest BCUT2D eigenvalue weighted by Crippen LogP contribution is -2.37. The first-order valence-electron chi connectivity index (χ1n) is 6.26. The molecule has 0 bridgehead atoms. The number of carbonyl (C=O) groups excluding carboxylic acids is 1. The van der Waals surface area contributed by atoms with Gasteiger partial charge in [0.25, 0.3) is 0 Å². The van der Waals surface area contributed by atoms with E-state index in [1.165, 1.54) is 0 Å². The van der Waals surface area contributed by atoms with E-state index in [1.807, 2.05) is 30.3 Å². The van der Waals surface area contributed by atoms with Gasteiger partial charge in [-0.25, -0.2) is 4.79 Å². The number of hydrogen-bond acceptors (Lipinski definition) is 5. The summed E-state index contributed by atoms with van der Waals surface area (Å²) >= 11 is 0. The number of hydrogen-bond donors (Lipinski definition) is 1. The summed E-state index contributed by atoms with van der Waals surface area (Å²) in [6.07, 6.45) is 3.40. The number of benzene rings is 1. The van der Waals surface area contributed by atoms with E-state index in [1.54, 1.807) is 6.20 Å². The number of nitrogens with zero attached hydrogens (tertiary/aromatic N) is 3. The second kappa shape index (κ2) is 5.19. The van der Waals surface area contributed by atoms with Crippen molar-refractivity contribution in [1.29, 1.82) is 0 Å². The molecule has 1 aliphatic heterocycles. The molecule has 1 unspecified atom stereocenters. The second-order valence-electron chi connectivity index (χ2n) is 4.43. The average molecular weight is 258 g/mol. The maximum absolute atomic E-state index is 11.8. The van der Waals surface area contributed by atoms with Crippen LogP contribution in [0.15, 0.2) is 36.5 Å². The largest absolute Gasteiger partial charge is 0.351 e. The quantitative estimate of drug-likeness (QED) is 0.819. The Hall–Kier alpha value is -2.21. The van der Waals surface area contributed by atoms with Gasteiger partial charge >= 0.3 is 5.97 Å². The van der Waals surface area contributed by atoms with Gasteiger partial charge in [0, 0.05) is 5.56 Å². The molecule has 98 valence electrons. The number of rotatable bonds is 3. The normalized spacial score (nSPS) is 18.4. The molecule has 1 fully saturated rings. The van der Waals surface area contributed by atoms with Crippen LogP contribution in [0.3, 0.4) is 0 Å². The molecule has 19 heavy (non-hydrogen) atoms. The van der Waals surface area contributed by atoms with Gasteiger partial charge in [0.05, 0.1) is 6.20 Å². The summed E-state index contributed by atoms with van der Waals surface area (Å²) in [5.74, 6) is -0.318. The van der Waals surface area contributed by atoms with Crippen LogP contribution in [-0.2, 0) is 4.79 Å². The Labute approximate surface area is 110 Å². The fraction of sp³-hybridized carbons (Fsp3) is 0.308. The Morgan fingerprint density at radius 1 is 1.37 bits per heavy atom. The molecule has 1 N–H and O–H groups in total. The minimum absolute atomic E-state index is 0.232. The lowest BCUT2D eigenvalue weighted by Gasteiger charge is -2.07. The predicted molar refractivity (Wildman–Crippen MR) is 68.1 cm³/mol. The lowest BCUT2D eigenvalue weighted by atomic mass is 10.2. The van der Waals surface area contributed by atoms with E-state index < -0.39 is 0 Å². The molecule has 1 saturated heterocycles. The molecule has 3 rings (SSSR count). The molecule has 6 heteroatoms. The number of nitrogens with one attached hydrogen (secondary N) is 1. The van der Waals surface area contributed by atoms with Gasteiger partial charge < -0.3 is 10.2 Å². The van der Waals surface area contributed by atoms with E-state index in [2.05, 4.69) is 15.6 Å². The van der Waals surface area contributed by atoms with E-state index in [9.17, 15) is 4.79 Å². The summed E-state index contributed by atoms with van der Waals surface area (Å²) in [4.78, 5) is 18.0. The van der Waals surface area contributed by atoms with Crippen LogP contribution >= 0.6 is 0 Å². The van der Waals surface area contributed by atoms with Crippen molar-refractivity contribution in [3.63, 3.8) is 0 Å². The minimum Gasteiger partial charge on any atom is -0.316 e. The molecular weight excluding hydrogens is 244 g/mol. The van der Waals surface area contributed by atoms with Crippen molar-refractivity contribution in [2.45, 2.75) is 18.9 Å². The third-order valence-corrected chi connectivity index (χ3v) is 3.07. The minimum atomic E-state index is -0.318. The van der Waals surface area contributed by atoms with E-state index in [4.69, 9.17) is 4.84 Å². The topological polar surface area (TPSA) is 69.0 Å². The van der Waals surface area contributed by atoms with Crippen LogP contribution in [0.1, 0.15) is 12.8 Å². The Balaban J connectivity index is 1.70. The van der Waals surface area contributed by atoms with Crippen molar-refractivity contribution in [2.24, 2.45) is 0 Å². The van der Waals surface area contributed by atoms with Crippen LogP contribution in [0.4, 0.5) is 0 Å². The molecule has 1 aromatic carbocycles. The van der Waals surface area contributed by atoms with Crippen LogP contribution in [0.5, 0.6) is 0 Å². The lowest BCUT2D eigenvalue weighted by molar-refractivity contribution is -0.148. The summed E-state index contributed by atoms with van der Waals surface area (Å²) in [7, 11) is 0. The van der Waals surface area contributed by atoms with E-state index in [-0.39, 0.29) is 12.0 Å². The number of aromatic nitrogens is 3. The fourth-order valence-corrected chi connectivity index (χ4v) is 2.08. The highest BCUT2D eigenvalue weighted by Gasteiger charge is 2.24. The maximum atomic E-state index is 11.8. The summed E-state index contributed by atoms with van der Waals surface area (Å²) in [6.45, 7) is 0.854. The highest BCUT2D eigenvalue weighted by molar-refractivity contribution is 5.76. The zero-order valence-corrected chi connectivity index (χ0v) is 10.3. The van der Waals surface area contributed by atoms with Gasteiger partial charge in [-0.1, -0.05) is 35.2 Å². The van der Waals surface area contributed by atoms with Crippen LogP contribution in [0.2, 0.25) is 0 Å². The molecule has 0 radical (unpaired) electrons. The highest BCUT2D eigenvalue weighted by atomic mass is 16.7. The first kappa shape index (κ1) is 11.9. The SMILES string of the molecule is O=C(On1cc(-c2ccccc2)nn1)C1CCCN1. The molecule has 1 atom stereocenters. The predicted octanol–water partition coefficient (Wildman–Crippen LogP) is 0.652. The fourth-order valence-electron chi connectivity index (χ4n) is 2.08. The van der Waals surface area contributed by atoms with Crippen molar-refractivity contribution >= 4 is 5.97 Å². The third kappa shape index (κ3) is 2.63. The van der Waals surface area contributed by atoms with Gasteiger partial charge in [-0.3, -0.25) is 0 Å². The molecule has 0 aliphatic carbocycles. The molecule has 1 aliphatic rings. The van der Waals surface area contributed by atoms with Crippen LogP contribution in [-0.4, -0.2) is 33.7 Å². The van der Waals surface area contributed by atoms with Crippen LogP contribution in [0, 0.1) is 0 Å². The van der Waals surface area contributed by atoms with E-state index in [0.29, 0.717) is 5.69 Å². The molecule has 2 aromatic rings. The zero-order valence-electron chi connectivity index (χ0n) is 10.3. The van der Waals surface area contributed by atoms with Crippen LogP contribution in [0.25, 0.3) is 11.3 Å². The third-order valence-electron chi connectivity index (χ3n) is 3.07. The van der Waals surface area contributed by atoms with Crippen molar-refractivity contribution in [1.82, 2.24) is 20.5 Å². The Morgan fingerprint density at radius 2 is 2.21 bits per heavy atom. The second-order valence-corrected chi connectivity index (χ2v) is 4.43. The van der Waals surface area contributed by atoms with Crippen LogP contribution < -0.4 is 10.2 Å². The smallest absolute Gasteiger partial charge is 0.316 e. The molecule has 0 saturated carbocycles. The van der Waals surface area contributed by atoms with E-state index >= 15 is 0 Å². The highest BCUT2D eigenvalue weighted by Crippen LogP contribution is 2.14. The molecule has 2 heterocycles. The van der Waals surface area contributed by atoms with Gasteiger partial charge in [0.1, 0.15) is 11.7 Å². The summed E-state index contributed by atoms with van der Waals surface area (Å²) in [5.41, 5.74) is 1.61. The maximum Gasteiger partial charge on any atom is 0.351 e. The van der Waals surface area contributed by atoms with Gasteiger partial charge in [0.15, 0.2) is 0 Å². The molecule has 0 amide bonds.